The normalized spacial score (nSPS) is 21.0. The van der Waals surface area contributed by atoms with Crippen LogP contribution in [0.2, 0.25) is 0 Å². The lowest BCUT2D eigenvalue weighted by Gasteiger charge is -2.35. The molecule has 4 rings (SSSR count). The largest absolute Gasteiger partial charge is 0.339 e. The Balaban J connectivity index is 1.28. The Labute approximate surface area is 158 Å². The zero-order valence-electron chi connectivity index (χ0n) is 15.3. The summed E-state index contributed by atoms with van der Waals surface area (Å²) in [6, 6.07) is 9.58. The van der Waals surface area contributed by atoms with Crippen LogP contribution in [0.4, 0.5) is 5.69 Å². The highest BCUT2D eigenvalue weighted by molar-refractivity contribution is 6.09. The van der Waals surface area contributed by atoms with Crippen LogP contribution in [0.3, 0.4) is 0 Å². The smallest absolute Gasteiger partial charge is 0.239 e. The Hall–Kier alpha value is -2.74. The summed E-state index contributed by atoms with van der Waals surface area (Å²) in [7, 11) is 0. The molecule has 8 nitrogen and oxygen atoms in total. The second-order valence-electron chi connectivity index (χ2n) is 6.99. The van der Waals surface area contributed by atoms with Crippen molar-refractivity contribution >= 4 is 17.5 Å². The van der Waals surface area contributed by atoms with Crippen LogP contribution in [-0.2, 0) is 16.1 Å². The van der Waals surface area contributed by atoms with Gasteiger partial charge >= 0.3 is 0 Å². The summed E-state index contributed by atoms with van der Waals surface area (Å²) >= 11 is 0. The van der Waals surface area contributed by atoms with Crippen molar-refractivity contribution in [2.75, 3.05) is 44.2 Å². The second-order valence-corrected chi connectivity index (χ2v) is 6.99. The molecule has 2 aliphatic rings. The number of rotatable bonds is 5. The van der Waals surface area contributed by atoms with E-state index in [1.165, 1.54) is 6.33 Å². The van der Waals surface area contributed by atoms with Crippen molar-refractivity contribution in [3.8, 4) is 0 Å². The topological polar surface area (TPSA) is 74.6 Å². The van der Waals surface area contributed by atoms with Crippen molar-refractivity contribution in [3.05, 3.63) is 43.0 Å². The predicted molar refractivity (Wildman–Crippen MR) is 99.9 cm³/mol. The van der Waals surface area contributed by atoms with E-state index in [2.05, 4.69) is 15.0 Å². The number of para-hydroxylation sites is 1. The Kier molecular flexibility index (Phi) is 5.15. The van der Waals surface area contributed by atoms with Crippen LogP contribution in [-0.4, -0.2) is 75.6 Å². The van der Waals surface area contributed by atoms with Crippen LogP contribution in [0.15, 0.2) is 43.0 Å². The lowest BCUT2D eigenvalue weighted by molar-refractivity contribution is -0.141. The SMILES string of the molecule is O=C([C@H]1CCN(c2ccccc2)C1=O)N1CCN(CCn2cncn2)CC1. The first kappa shape index (κ1) is 17.7. The van der Waals surface area contributed by atoms with Crippen molar-refractivity contribution in [3.63, 3.8) is 0 Å². The molecule has 0 unspecified atom stereocenters. The van der Waals surface area contributed by atoms with Gasteiger partial charge in [-0.15, -0.1) is 0 Å². The third-order valence-electron chi connectivity index (χ3n) is 5.37. The van der Waals surface area contributed by atoms with E-state index in [4.69, 9.17) is 0 Å². The van der Waals surface area contributed by atoms with E-state index in [1.807, 2.05) is 39.9 Å². The van der Waals surface area contributed by atoms with Gasteiger partial charge < -0.3 is 9.80 Å². The number of amides is 2. The molecule has 2 aliphatic heterocycles. The number of nitrogens with zero attached hydrogens (tertiary/aromatic N) is 6. The Morgan fingerprint density at radius 2 is 1.81 bits per heavy atom. The number of carbonyl (C=O) groups is 2. The van der Waals surface area contributed by atoms with Crippen molar-refractivity contribution in [1.29, 1.82) is 0 Å². The molecule has 1 atom stereocenters. The van der Waals surface area contributed by atoms with E-state index in [1.54, 1.807) is 11.2 Å². The van der Waals surface area contributed by atoms with E-state index < -0.39 is 5.92 Å². The fraction of sp³-hybridized carbons (Fsp3) is 0.474. The van der Waals surface area contributed by atoms with Gasteiger partial charge in [-0.1, -0.05) is 18.2 Å². The molecule has 0 spiro atoms. The molecule has 142 valence electrons. The third kappa shape index (κ3) is 3.85. The first-order valence-electron chi connectivity index (χ1n) is 9.42. The number of hydrogen-bond acceptors (Lipinski definition) is 5. The number of piperazine rings is 1. The minimum atomic E-state index is -0.535. The molecule has 2 fully saturated rings. The molecule has 27 heavy (non-hydrogen) atoms. The van der Waals surface area contributed by atoms with E-state index >= 15 is 0 Å². The molecule has 2 saturated heterocycles. The van der Waals surface area contributed by atoms with Crippen LogP contribution in [0.1, 0.15) is 6.42 Å². The minimum Gasteiger partial charge on any atom is -0.339 e. The molecule has 0 N–H and O–H groups in total. The first-order valence-corrected chi connectivity index (χ1v) is 9.42. The van der Waals surface area contributed by atoms with E-state index in [0.29, 0.717) is 26.1 Å². The van der Waals surface area contributed by atoms with Crippen LogP contribution in [0.5, 0.6) is 0 Å². The average Bonchev–Trinajstić information content (AvgIpc) is 3.37. The highest BCUT2D eigenvalue weighted by Gasteiger charge is 2.40. The number of aromatic nitrogens is 3. The molecule has 2 aromatic rings. The Bertz CT molecular complexity index is 771. The predicted octanol–water partition coefficient (Wildman–Crippen LogP) is 0.475. The molecule has 0 saturated carbocycles. The number of anilines is 1. The van der Waals surface area contributed by atoms with Crippen molar-refractivity contribution in [1.82, 2.24) is 24.6 Å². The van der Waals surface area contributed by atoms with E-state index in [-0.39, 0.29) is 11.8 Å². The molecule has 3 heterocycles. The summed E-state index contributed by atoms with van der Waals surface area (Å²) in [6.07, 6.45) is 3.84. The molecule has 0 bridgehead atoms. The maximum atomic E-state index is 12.9. The summed E-state index contributed by atoms with van der Waals surface area (Å²) in [4.78, 5) is 35.5. The van der Waals surface area contributed by atoms with Gasteiger partial charge in [0.25, 0.3) is 0 Å². The first-order chi connectivity index (χ1) is 13.2. The fourth-order valence-electron chi connectivity index (χ4n) is 3.78. The highest BCUT2D eigenvalue weighted by Crippen LogP contribution is 2.26. The van der Waals surface area contributed by atoms with Gasteiger partial charge in [-0.25, -0.2) is 4.98 Å². The second kappa shape index (κ2) is 7.87. The molecule has 1 aromatic carbocycles. The summed E-state index contributed by atoms with van der Waals surface area (Å²) < 4.78 is 1.81. The van der Waals surface area contributed by atoms with Crippen molar-refractivity contribution in [2.45, 2.75) is 13.0 Å². The highest BCUT2D eigenvalue weighted by atomic mass is 16.2. The maximum Gasteiger partial charge on any atom is 0.239 e. The molecule has 0 radical (unpaired) electrons. The molecule has 0 aliphatic carbocycles. The number of carbonyl (C=O) groups excluding carboxylic acids is 2. The molecule has 8 heteroatoms. The molecule has 2 amide bonds. The molecular weight excluding hydrogens is 344 g/mol. The zero-order chi connectivity index (χ0) is 18.6. The number of hydrogen-bond donors (Lipinski definition) is 0. The van der Waals surface area contributed by atoms with E-state index in [0.717, 1.165) is 31.9 Å². The monoisotopic (exact) mass is 368 g/mol. The van der Waals surface area contributed by atoms with E-state index in [9.17, 15) is 9.59 Å². The van der Waals surface area contributed by atoms with Gasteiger partial charge in [0.1, 0.15) is 18.6 Å². The minimum absolute atomic E-state index is 0.0191. The Morgan fingerprint density at radius 1 is 1.04 bits per heavy atom. The zero-order valence-corrected chi connectivity index (χ0v) is 15.3. The quantitative estimate of drug-likeness (QED) is 0.718. The van der Waals surface area contributed by atoms with Gasteiger partial charge in [-0.2, -0.15) is 5.10 Å². The lowest BCUT2D eigenvalue weighted by Crippen LogP contribution is -2.51. The summed E-state index contributed by atoms with van der Waals surface area (Å²) in [6.45, 7) is 5.28. The van der Waals surface area contributed by atoms with Gasteiger partial charge in [-0.05, 0) is 18.6 Å². The molecule has 1 aromatic heterocycles. The van der Waals surface area contributed by atoms with Gasteiger partial charge in [0.05, 0.1) is 6.54 Å². The van der Waals surface area contributed by atoms with Crippen LogP contribution < -0.4 is 4.90 Å². The third-order valence-corrected chi connectivity index (χ3v) is 5.37. The average molecular weight is 368 g/mol. The summed E-state index contributed by atoms with van der Waals surface area (Å²) in [5, 5.41) is 4.11. The van der Waals surface area contributed by atoms with Crippen LogP contribution in [0, 0.1) is 5.92 Å². The Morgan fingerprint density at radius 3 is 2.52 bits per heavy atom. The molecular formula is C19H24N6O2. The van der Waals surface area contributed by atoms with Gasteiger partial charge in [0, 0.05) is 45.0 Å². The lowest BCUT2D eigenvalue weighted by atomic mass is 10.1. The number of benzene rings is 1. The van der Waals surface area contributed by atoms with Gasteiger partial charge in [-0.3, -0.25) is 19.2 Å². The fourth-order valence-corrected chi connectivity index (χ4v) is 3.78. The van der Waals surface area contributed by atoms with Crippen molar-refractivity contribution in [2.24, 2.45) is 5.92 Å². The maximum absolute atomic E-state index is 12.9. The summed E-state index contributed by atoms with van der Waals surface area (Å²) in [5.74, 6) is -0.624. The summed E-state index contributed by atoms with van der Waals surface area (Å²) in [5.41, 5.74) is 0.871. The van der Waals surface area contributed by atoms with Gasteiger partial charge in [0.2, 0.25) is 11.8 Å². The van der Waals surface area contributed by atoms with Crippen molar-refractivity contribution < 1.29 is 9.59 Å². The van der Waals surface area contributed by atoms with Gasteiger partial charge in [0.15, 0.2) is 0 Å². The van der Waals surface area contributed by atoms with Crippen LogP contribution >= 0.6 is 0 Å². The standard InChI is InChI=1S/C19H24N6O2/c26-18(17-6-7-25(19(17)27)16-4-2-1-3-5-16)23-11-8-22(9-12-23)10-13-24-15-20-14-21-24/h1-5,14-15,17H,6-13H2/t17-/m1/s1. The van der Waals surface area contributed by atoms with Crippen LogP contribution in [0.25, 0.3) is 0 Å².